The van der Waals surface area contributed by atoms with Crippen LogP contribution in [0.5, 0.6) is 0 Å². The second kappa shape index (κ2) is 11.6. The number of nitrogens with zero attached hydrogens (tertiary/aromatic N) is 1. The predicted molar refractivity (Wildman–Crippen MR) is 138 cm³/mol. The maximum atomic E-state index is 13.8. The van der Waals surface area contributed by atoms with Gasteiger partial charge >= 0.3 is 6.09 Å². The van der Waals surface area contributed by atoms with E-state index in [4.69, 9.17) is 4.74 Å². The summed E-state index contributed by atoms with van der Waals surface area (Å²) < 4.78 is 5.29. The number of benzene rings is 2. The first-order valence-corrected chi connectivity index (χ1v) is 12.4. The SMILES string of the molecule is Cc1ccc(C(C(=O)Nc2ccccc2C)N(C(=O)C(CO)NC(=O)OC(C)(C)C)C2CCC2)cc1. The standard InChI is InChI=1S/C28H37N3O5/c1-18-13-15-20(16-14-18)24(25(33)29-22-12-7-6-9-19(22)2)31(21-10-8-11-21)26(34)23(17-32)30-27(35)36-28(3,4)5/h6-7,9,12-16,21,23-24,32H,8,10-11,17H2,1-5H3,(H,29,33)(H,30,35). The molecule has 0 aliphatic heterocycles. The number of aliphatic hydroxyl groups is 1. The lowest BCUT2D eigenvalue weighted by Gasteiger charge is -2.43. The van der Waals surface area contributed by atoms with Crippen LogP contribution in [0.3, 0.4) is 0 Å². The Labute approximate surface area is 213 Å². The first-order valence-electron chi connectivity index (χ1n) is 12.4. The van der Waals surface area contributed by atoms with Gasteiger partial charge in [0.25, 0.3) is 5.91 Å². The van der Waals surface area contributed by atoms with Gasteiger partial charge in [-0.3, -0.25) is 9.59 Å². The molecule has 3 amide bonds. The third-order valence-electron chi connectivity index (χ3n) is 6.22. The number of carbonyl (C=O) groups is 3. The summed E-state index contributed by atoms with van der Waals surface area (Å²) in [6, 6.07) is 12.5. The van der Waals surface area contributed by atoms with Crippen molar-refractivity contribution in [2.45, 2.75) is 77.6 Å². The molecule has 3 N–H and O–H groups in total. The molecule has 0 saturated heterocycles. The topological polar surface area (TPSA) is 108 Å². The second-order valence-electron chi connectivity index (χ2n) is 10.3. The average Bonchev–Trinajstić information content (AvgIpc) is 2.77. The number of para-hydroxylation sites is 1. The van der Waals surface area contributed by atoms with Gasteiger partial charge < -0.3 is 25.4 Å². The fourth-order valence-corrected chi connectivity index (χ4v) is 4.10. The van der Waals surface area contributed by atoms with E-state index in [9.17, 15) is 19.5 Å². The largest absolute Gasteiger partial charge is 0.444 e. The highest BCUT2D eigenvalue weighted by molar-refractivity contribution is 5.99. The summed E-state index contributed by atoms with van der Waals surface area (Å²) in [5.41, 5.74) is 2.47. The van der Waals surface area contributed by atoms with Gasteiger partial charge in [-0.25, -0.2) is 4.79 Å². The van der Waals surface area contributed by atoms with E-state index in [1.54, 1.807) is 20.8 Å². The van der Waals surface area contributed by atoms with E-state index in [0.717, 1.165) is 30.4 Å². The van der Waals surface area contributed by atoms with Crippen molar-refractivity contribution in [3.63, 3.8) is 0 Å². The Hall–Kier alpha value is -3.39. The van der Waals surface area contributed by atoms with Gasteiger partial charge in [0.15, 0.2) is 0 Å². The van der Waals surface area contributed by atoms with Crippen LogP contribution in [0, 0.1) is 13.8 Å². The quantitative estimate of drug-likeness (QED) is 0.507. The van der Waals surface area contributed by atoms with Gasteiger partial charge in [-0.1, -0.05) is 48.0 Å². The smallest absolute Gasteiger partial charge is 0.408 e. The fraction of sp³-hybridized carbons (Fsp3) is 0.464. The van der Waals surface area contributed by atoms with E-state index < -0.39 is 36.3 Å². The lowest BCUT2D eigenvalue weighted by molar-refractivity contribution is -0.146. The Kier molecular flexibility index (Phi) is 8.74. The molecule has 0 radical (unpaired) electrons. The number of aryl methyl sites for hydroxylation is 2. The number of rotatable bonds is 8. The minimum atomic E-state index is -1.25. The normalized spacial score (nSPS) is 15.3. The molecule has 2 atom stereocenters. The molecule has 8 heteroatoms. The molecular weight excluding hydrogens is 458 g/mol. The van der Waals surface area contributed by atoms with Crippen molar-refractivity contribution >= 4 is 23.6 Å². The van der Waals surface area contributed by atoms with E-state index in [1.165, 1.54) is 4.90 Å². The van der Waals surface area contributed by atoms with Crippen LogP contribution >= 0.6 is 0 Å². The maximum Gasteiger partial charge on any atom is 0.408 e. The number of amides is 3. The highest BCUT2D eigenvalue weighted by atomic mass is 16.6. The number of alkyl carbamates (subject to hydrolysis) is 1. The Morgan fingerprint density at radius 3 is 2.22 bits per heavy atom. The van der Waals surface area contributed by atoms with E-state index in [0.29, 0.717) is 11.3 Å². The third-order valence-corrected chi connectivity index (χ3v) is 6.22. The van der Waals surface area contributed by atoms with Gasteiger partial charge in [-0.15, -0.1) is 0 Å². The first-order chi connectivity index (χ1) is 17.0. The molecule has 2 aromatic rings. The lowest BCUT2D eigenvalue weighted by Crippen LogP contribution is -2.58. The summed E-state index contributed by atoms with van der Waals surface area (Å²) in [6.07, 6.45) is 1.59. The summed E-state index contributed by atoms with van der Waals surface area (Å²) in [5.74, 6) is -0.888. The summed E-state index contributed by atoms with van der Waals surface area (Å²) in [5, 5.41) is 15.5. The molecule has 0 heterocycles. The van der Waals surface area contributed by atoms with Crippen molar-refractivity contribution in [3.8, 4) is 0 Å². The molecule has 2 aromatic carbocycles. The molecule has 1 saturated carbocycles. The van der Waals surface area contributed by atoms with E-state index in [1.807, 2.05) is 62.4 Å². The van der Waals surface area contributed by atoms with Crippen molar-refractivity contribution in [3.05, 3.63) is 65.2 Å². The monoisotopic (exact) mass is 495 g/mol. The average molecular weight is 496 g/mol. The van der Waals surface area contributed by atoms with Gasteiger partial charge in [0.1, 0.15) is 17.7 Å². The number of nitrogens with one attached hydrogen (secondary N) is 2. The van der Waals surface area contributed by atoms with E-state index in [2.05, 4.69) is 10.6 Å². The predicted octanol–water partition coefficient (Wildman–Crippen LogP) is 4.25. The van der Waals surface area contributed by atoms with Gasteiger partial charge in [-0.05, 0) is 71.1 Å². The second-order valence-corrected chi connectivity index (χ2v) is 10.3. The maximum absolute atomic E-state index is 13.8. The van der Waals surface area contributed by atoms with Crippen molar-refractivity contribution in [1.29, 1.82) is 0 Å². The van der Waals surface area contributed by atoms with Crippen LogP contribution in [-0.4, -0.2) is 52.2 Å². The summed E-state index contributed by atoms with van der Waals surface area (Å²) in [4.78, 5) is 41.5. The molecule has 0 aromatic heterocycles. The van der Waals surface area contributed by atoms with Crippen molar-refractivity contribution in [1.82, 2.24) is 10.2 Å². The molecular formula is C28H37N3O5. The van der Waals surface area contributed by atoms with Gasteiger partial charge in [0.05, 0.1) is 6.61 Å². The van der Waals surface area contributed by atoms with Crippen LogP contribution in [-0.2, 0) is 14.3 Å². The highest BCUT2D eigenvalue weighted by Crippen LogP contribution is 2.34. The van der Waals surface area contributed by atoms with Crippen LogP contribution in [0.15, 0.2) is 48.5 Å². The molecule has 2 unspecified atom stereocenters. The fourth-order valence-electron chi connectivity index (χ4n) is 4.10. The Morgan fingerprint density at radius 2 is 1.69 bits per heavy atom. The van der Waals surface area contributed by atoms with Crippen LogP contribution in [0.1, 0.15) is 62.8 Å². The molecule has 36 heavy (non-hydrogen) atoms. The van der Waals surface area contributed by atoms with Gasteiger partial charge in [0, 0.05) is 11.7 Å². The Morgan fingerprint density at radius 1 is 1.06 bits per heavy atom. The summed E-state index contributed by atoms with van der Waals surface area (Å²) >= 11 is 0. The molecule has 1 fully saturated rings. The van der Waals surface area contributed by atoms with Crippen molar-refractivity contribution in [2.24, 2.45) is 0 Å². The first kappa shape index (κ1) is 27.2. The molecule has 8 nitrogen and oxygen atoms in total. The van der Waals surface area contributed by atoms with Gasteiger partial charge in [0.2, 0.25) is 5.91 Å². The zero-order valence-electron chi connectivity index (χ0n) is 21.7. The van der Waals surface area contributed by atoms with Crippen molar-refractivity contribution in [2.75, 3.05) is 11.9 Å². The van der Waals surface area contributed by atoms with Gasteiger partial charge in [-0.2, -0.15) is 0 Å². The van der Waals surface area contributed by atoms with Crippen LogP contribution < -0.4 is 10.6 Å². The van der Waals surface area contributed by atoms with Crippen molar-refractivity contribution < 1.29 is 24.2 Å². The number of hydrogen-bond acceptors (Lipinski definition) is 5. The third kappa shape index (κ3) is 6.85. The molecule has 1 aliphatic carbocycles. The molecule has 0 spiro atoms. The number of aliphatic hydroxyl groups excluding tert-OH is 1. The van der Waals surface area contributed by atoms with E-state index in [-0.39, 0.29) is 11.9 Å². The highest BCUT2D eigenvalue weighted by Gasteiger charge is 2.42. The molecule has 0 bridgehead atoms. The molecule has 194 valence electrons. The van der Waals surface area contributed by atoms with Crippen LogP contribution in [0.25, 0.3) is 0 Å². The summed E-state index contributed by atoms with van der Waals surface area (Å²) in [7, 11) is 0. The zero-order chi connectivity index (χ0) is 26.5. The molecule has 1 aliphatic rings. The zero-order valence-corrected chi connectivity index (χ0v) is 21.7. The van der Waals surface area contributed by atoms with E-state index >= 15 is 0 Å². The minimum absolute atomic E-state index is 0.194. The van der Waals surface area contributed by atoms with Crippen LogP contribution in [0.2, 0.25) is 0 Å². The number of hydrogen-bond donors (Lipinski definition) is 3. The number of carbonyl (C=O) groups excluding carboxylic acids is 3. The Balaban J connectivity index is 1.97. The number of ether oxygens (including phenoxy) is 1. The summed E-state index contributed by atoms with van der Waals surface area (Å²) in [6.45, 7) is 8.37. The Bertz CT molecular complexity index is 1070. The molecule has 3 rings (SSSR count). The number of anilines is 1. The van der Waals surface area contributed by atoms with Crippen LogP contribution in [0.4, 0.5) is 10.5 Å². The lowest BCUT2D eigenvalue weighted by atomic mass is 9.88. The minimum Gasteiger partial charge on any atom is -0.444 e.